The number of hydrogen-bond acceptors (Lipinski definition) is 0. The Hall–Kier alpha value is 2.39. The quantitative estimate of drug-likeness (QED) is 0.228. The topological polar surface area (TPSA) is 0 Å². The summed E-state index contributed by atoms with van der Waals surface area (Å²) in [5.41, 5.74) is 0. The highest BCUT2D eigenvalue weighted by Crippen LogP contribution is 2.53. The van der Waals surface area contributed by atoms with Gasteiger partial charge in [-0.3, -0.25) is 0 Å². The Bertz CT molecular complexity index is 538. The maximum atomic E-state index is 5.48. The van der Waals surface area contributed by atoms with Gasteiger partial charge in [-0.2, -0.15) is 0 Å². The van der Waals surface area contributed by atoms with E-state index < -0.39 is 71.6 Å². The average molecular weight is 625 g/mol. The summed E-state index contributed by atoms with van der Waals surface area (Å²) in [7, 11) is -2.59. The van der Waals surface area contributed by atoms with Gasteiger partial charge in [-0.05, 0) is 0 Å². The first-order valence-electron chi connectivity index (χ1n) is 13.0. The molecular formula is C21H63Si11. The van der Waals surface area contributed by atoms with Crippen molar-refractivity contribution >= 4 is 81.3 Å². The van der Waals surface area contributed by atoms with Crippen LogP contribution >= 0.6 is 0 Å². The van der Waals surface area contributed by atoms with Crippen molar-refractivity contribution in [1.82, 2.24) is 0 Å². The largest absolute Gasteiger partial charge is 0.0753 e. The summed E-state index contributed by atoms with van der Waals surface area (Å²) >= 11 is 0. The standard InChI is InChI=1S/C21H63Si11/c1-23(2,3)29(19,24(4,5)6)32(22,30(20,25(7,8)9)26(10,11)12)31(21,27(13,14)15)28(16,17)18/h1-21H3. The van der Waals surface area contributed by atoms with E-state index in [2.05, 4.69) is 137 Å². The van der Waals surface area contributed by atoms with Crippen molar-refractivity contribution in [2.75, 3.05) is 0 Å². The fourth-order valence-electron chi connectivity index (χ4n) is 8.25. The molecule has 0 aliphatic heterocycles. The van der Waals surface area contributed by atoms with Crippen LogP contribution in [0.3, 0.4) is 0 Å². The van der Waals surface area contributed by atoms with Gasteiger partial charge in [0, 0.05) is 81.3 Å². The van der Waals surface area contributed by atoms with Gasteiger partial charge in [-0.25, -0.2) is 0 Å². The zero-order valence-electron chi connectivity index (χ0n) is 26.5. The van der Waals surface area contributed by atoms with Crippen LogP contribution in [-0.4, -0.2) is 81.3 Å². The van der Waals surface area contributed by atoms with Gasteiger partial charge >= 0.3 is 0 Å². The Kier molecular flexibility index (Phi) is 9.67. The van der Waals surface area contributed by atoms with Crippen LogP contribution in [-0.2, 0) is 0 Å². The van der Waals surface area contributed by atoms with Gasteiger partial charge in [-0.1, -0.05) is 137 Å². The van der Waals surface area contributed by atoms with E-state index in [4.69, 9.17) is 9.76 Å². The molecule has 0 aromatic heterocycles. The predicted molar refractivity (Wildman–Crippen MR) is 186 cm³/mol. The molecule has 0 fully saturated rings. The first kappa shape index (κ1) is 34.4. The summed E-state index contributed by atoms with van der Waals surface area (Å²) in [6.07, 6.45) is -1.73. The predicted octanol–water partition coefficient (Wildman–Crippen LogP) is 8.07. The first-order valence-corrected chi connectivity index (χ1v) is 54.0. The minimum absolute atomic E-state index is 1.34. The monoisotopic (exact) mass is 623 g/mol. The van der Waals surface area contributed by atoms with Gasteiger partial charge in [0.2, 0.25) is 0 Å². The summed E-state index contributed by atoms with van der Waals surface area (Å²) in [5.74, 6) is 0. The van der Waals surface area contributed by atoms with E-state index in [1.165, 1.54) is 0 Å². The molecule has 0 aromatic rings. The Morgan fingerprint density at radius 1 is 0.250 bits per heavy atom. The molecule has 0 rings (SSSR count). The molecule has 0 aliphatic rings. The van der Waals surface area contributed by atoms with E-state index in [-0.39, 0.29) is 0 Å². The van der Waals surface area contributed by atoms with Crippen LogP contribution < -0.4 is 0 Å². The number of hydrogen-bond donors (Lipinski definition) is 0. The molecule has 0 saturated carbocycles. The molecule has 0 spiro atoms. The molecule has 0 atom stereocenters. The van der Waals surface area contributed by atoms with Crippen LogP contribution in [0.25, 0.3) is 0 Å². The summed E-state index contributed by atoms with van der Waals surface area (Å²) < 4.78 is 0. The Morgan fingerprint density at radius 2 is 0.344 bits per heavy atom. The Balaban J connectivity index is 8.69. The molecule has 0 unspecified atom stereocenters. The summed E-state index contributed by atoms with van der Waals surface area (Å²) in [4.78, 5) is 0. The minimum atomic E-state index is -1.73. The molecule has 0 nitrogen and oxygen atoms in total. The van der Waals surface area contributed by atoms with Crippen LogP contribution in [0.2, 0.25) is 137 Å². The molecule has 0 aromatic carbocycles. The molecule has 32 heavy (non-hydrogen) atoms. The molecular weight excluding hydrogens is 561 g/mol. The van der Waals surface area contributed by atoms with Gasteiger partial charge in [0.05, 0.1) is 0 Å². The third-order valence-electron chi connectivity index (χ3n) is 11.2. The van der Waals surface area contributed by atoms with Crippen LogP contribution in [0.5, 0.6) is 0 Å². The molecule has 191 valence electrons. The van der Waals surface area contributed by atoms with E-state index in [9.17, 15) is 0 Å². The molecule has 0 saturated heterocycles. The minimum Gasteiger partial charge on any atom is -0.0753 e. The van der Waals surface area contributed by atoms with E-state index in [0.29, 0.717) is 0 Å². The summed E-state index contributed by atoms with van der Waals surface area (Å²) in [6.45, 7) is 56.0. The number of rotatable bonds is 9. The Morgan fingerprint density at radius 3 is 0.406 bits per heavy atom. The lowest BCUT2D eigenvalue weighted by atomic mass is 11.8. The summed E-state index contributed by atoms with van der Waals surface area (Å²) in [6, 6.07) is 0. The summed E-state index contributed by atoms with van der Waals surface area (Å²) in [5, 5.41) is 0. The van der Waals surface area contributed by atoms with Crippen molar-refractivity contribution in [3.05, 3.63) is 0 Å². The van der Waals surface area contributed by atoms with Crippen LogP contribution in [0.1, 0.15) is 0 Å². The smallest absolute Gasteiger partial charge is 0.0326 e. The van der Waals surface area contributed by atoms with Crippen molar-refractivity contribution in [2.45, 2.75) is 137 Å². The van der Waals surface area contributed by atoms with E-state index >= 15 is 0 Å². The van der Waals surface area contributed by atoms with E-state index in [0.717, 1.165) is 0 Å². The van der Waals surface area contributed by atoms with Crippen molar-refractivity contribution in [1.29, 1.82) is 0 Å². The van der Waals surface area contributed by atoms with Crippen LogP contribution in [0.4, 0.5) is 0 Å². The molecule has 3 radical (unpaired) electrons. The average Bonchev–Trinajstić information content (AvgIpc) is 2.44. The highest BCUT2D eigenvalue weighted by Gasteiger charge is 2.81. The van der Waals surface area contributed by atoms with Gasteiger partial charge in [0.15, 0.2) is 0 Å². The fraction of sp³-hybridized carbons (Fsp3) is 1.00. The maximum absolute atomic E-state index is 5.48. The van der Waals surface area contributed by atoms with Gasteiger partial charge < -0.3 is 0 Å². The second-order valence-electron chi connectivity index (χ2n) is 17.6. The van der Waals surface area contributed by atoms with Crippen LogP contribution in [0, 0.1) is 0 Å². The molecule has 11 heteroatoms. The third-order valence-corrected chi connectivity index (χ3v) is 284. The van der Waals surface area contributed by atoms with Gasteiger partial charge in [0.1, 0.15) is 0 Å². The highest BCUT2D eigenvalue weighted by molar-refractivity contribution is 8.32. The SMILES string of the molecule is C[Si](C)(C)[Si](C)([Si](C)(C)C)[Si]([Si])([Si](C)([Si](C)(C)C)[Si](C)(C)C)[Si](C)([Si](C)(C)C)[Si](C)(C)C. The van der Waals surface area contributed by atoms with Crippen molar-refractivity contribution in [3.8, 4) is 0 Å². The molecule has 0 amide bonds. The molecule has 0 N–H and O–H groups in total. The second kappa shape index (κ2) is 9.00. The first-order chi connectivity index (χ1) is 13.2. The zero-order chi connectivity index (χ0) is 27.0. The van der Waals surface area contributed by atoms with Crippen molar-refractivity contribution in [3.63, 3.8) is 0 Å². The molecule has 0 heterocycles. The molecule has 0 bridgehead atoms. The highest BCUT2D eigenvalue weighted by atomic mass is 30.5. The van der Waals surface area contributed by atoms with Gasteiger partial charge in [0.25, 0.3) is 0 Å². The fourth-order valence-corrected chi connectivity index (χ4v) is 526. The third kappa shape index (κ3) is 4.59. The normalized spacial score (nSPS) is 17.1. The lowest BCUT2D eigenvalue weighted by Crippen LogP contribution is -3.08. The van der Waals surface area contributed by atoms with E-state index in [1.807, 2.05) is 0 Å². The lowest BCUT2D eigenvalue weighted by molar-refractivity contribution is 1.73. The van der Waals surface area contributed by atoms with Gasteiger partial charge in [-0.15, -0.1) is 0 Å². The maximum Gasteiger partial charge on any atom is 0.0326 e. The van der Waals surface area contributed by atoms with Crippen LogP contribution in [0.15, 0.2) is 0 Å². The zero-order valence-corrected chi connectivity index (χ0v) is 37.5. The van der Waals surface area contributed by atoms with Crippen molar-refractivity contribution < 1.29 is 0 Å². The van der Waals surface area contributed by atoms with E-state index in [1.54, 1.807) is 0 Å². The van der Waals surface area contributed by atoms with Crippen molar-refractivity contribution in [2.24, 2.45) is 0 Å². The second-order valence-corrected chi connectivity index (χ2v) is 138. The molecule has 0 aliphatic carbocycles. The Labute approximate surface area is 217 Å². The lowest BCUT2D eigenvalue weighted by Gasteiger charge is -2.77.